The standard InChI is InChI=1S/C15H21FN2O2/c1-17-5-6-20-15-10-18(9-13(15)17)8-11-7-12(16)3-4-14(11)19-2/h3-4,7,13,15H,5-6,8-10H2,1-2H3/t13-,15+/m0/s1. The molecule has 0 bridgehead atoms. The molecule has 0 amide bonds. The number of morpholine rings is 1. The van der Waals surface area contributed by atoms with E-state index in [4.69, 9.17) is 9.47 Å². The molecule has 1 aromatic rings. The van der Waals surface area contributed by atoms with E-state index < -0.39 is 0 Å². The third kappa shape index (κ3) is 2.66. The summed E-state index contributed by atoms with van der Waals surface area (Å²) in [4.78, 5) is 4.67. The SMILES string of the molecule is COc1ccc(F)cc1CN1C[C@H]2OCCN(C)[C@H]2C1. The summed E-state index contributed by atoms with van der Waals surface area (Å²) in [6.45, 7) is 4.34. The molecule has 2 saturated heterocycles. The van der Waals surface area contributed by atoms with Crippen LogP contribution in [0, 0.1) is 5.82 Å². The maximum Gasteiger partial charge on any atom is 0.123 e. The number of benzene rings is 1. The van der Waals surface area contributed by atoms with E-state index in [1.807, 2.05) is 0 Å². The molecule has 110 valence electrons. The summed E-state index contributed by atoms with van der Waals surface area (Å²) in [6, 6.07) is 5.13. The summed E-state index contributed by atoms with van der Waals surface area (Å²) in [6.07, 6.45) is 0.272. The predicted octanol–water partition coefficient (Wildman–Crippen LogP) is 1.35. The molecule has 4 nitrogen and oxygen atoms in total. The molecule has 0 saturated carbocycles. The number of hydrogen-bond acceptors (Lipinski definition) is 4. The second-order valence-corrected chi connectivity index (χ2v) is 5.61. The van der Waals surface area contributed by atoms with Gasteiger partial charge < -0.3 is 9.47 Å². The van der Waals surface area contributed by atoms with Gasteiger partial charge in [-0.2, -0.15) is 0 Å². The minimum Gasteiger partial charge on any atom is -0.496 e. The minimum absolute atomic E-state index is 0.217. The fraction of sp³-hybridized carbons (Fsp3) is 0.600. The normalized spacial score (nSPS) is 27.6. The van der Waals surface area contributed by atoms with Crippen molar-refractivity contribution in [3.05, 3.63) is 29.6 Å². The van der Waals surface area contributed by atoms with Crippen LogP contribution in [0.2, 0.25) is 0 Å². The Morgan fingerprint density at radius 3 is 3.00 bits per heavy atom. The van der Waals surface area contributed by atoms with Crippen molar-refractivity contribution >= 4 is 0 Å². The van der Waals surface area contributed by atoms with Gasteiger partial charge in [-0.1, -0.05) is 0 Å². The maximum atomic E-state index is 13.4. The second-order valence-electron chi connectivity index (χ2n) is 5.61. The molecule has 2 heterocycles. The van der Waals surface area contributed by atoms with Gasteiger partial charge in [0.05, 0.1) is 19.8 Å². The van der Waals surface area contributed by atoms with E-state index in [9.17, 15) is 4.39 Å². The van der Waals surface area contributed by atoms with E-state index in [2.05, 4.69) is 16.8 Å². The minimum atomic E-state index is -0.217. The predicted molar refractivity (Wildman–Crippen MR) is 74.4 cm³/mol. The van der Waals surface area contributed by atoms with Crippen LogP contribution >= 0.6 is 0 Å². The van der Waals surface area contributed by atoms with Crippen LogP contribution in [0.4, 0.5) is 4.39 Å². The van der Waals surface area contributed by atoms with E-state index in [1.54, 1.807) is 19.2 Å². The van der Waals surface area contributed by atoms with Crippen LogP contribution < -0.4 is 4.74 Å². The molecule has 5 heteroatoms. The molecule has 2 aliphatic rings. The average molecular weight is 280 g/mol. The van der Waals surface area contributed by atoms with Gasteiger partial charge in [0.2, 0.25) is 0 Å². The van der Waals surface area contributed by atoms with Gasteiger partial charge in [-0.3, -0.25) is 9.80 Å². The van der Waals surface area contributed by atoms with Gasteiger partial charge in [-0.05, 0) is 25.2 Å². The number of fused-ring (bicyclic) bond motifs is 1. The highest BCUT2D eigenvalue weighted by Gasteiger charge is 2.38. The lowest BCUT2D eigenvalue weighted by atomic mass is 10.1. The van der Waals surface area contributed by atoms with E-state index >= 15 is 0 Å². The Balaban J connectivity index is 1.71. The monoisotopic (exact) mass is 280 g/mol. The molecule has 2 fully saturated rings. The molecule has 20 heavy (non-hydrogen) atoms. The van der Waals surface area contributed by atoms with Crippen molar-refractivity contribution in [2.75, 3.05) is 40.4 Å². The number of methoxy groups -OCH3 is 1. The quantitative estimate of drug-likeness (QED) is 0.834. The molecule has 0 aromatic heterocycles. The van der Waals surface area contributed by atoms with Crippen LogP contribution in [0.1, 0.15) is 5.56 Å². The van der Waals surface area contributed by atoms with E-state index in [-0.39, 0.29) is 11.9 Å². The zero-order chi connectivity index (χ0) is 14.1. The summed E-state index contributed by atoms with van der Waals surface area (Å²) in [5.41, 5.74) is 0.897. The first-order valence-corrected chi connectivity index (χ1v) is 7.04. The first kappa shape index (κ1) is 13.8. The van der Waals surface area contributed by atoms with Crippen molar-refractivity contribution < 1.29 is 13.9 Å². The van der Waals surface area contributed by atoms with E-state index in [1.165, 1.54) is 6.07 Å². The molecule has 0 aliphatic carbocycles. The van der Waals surface area contributed by atoms with Gasteiger partial charge in [0, 0.05) is 37.8 Å². The van der Waals surface area contributed by atoms with Crippen LogP contribution in [-0.4, -0.2) is 62.3 Å². The highest BCUT2D eigenvalue weighted by atomic mass is 19.1. The Hall–Kier alpha value is -1.17. The third-order valence-corrected chi connectivity index (χ3v) is 4.29. The number of halogens is 1. The van der Waals surface area contributed by atoms with Crippen molar-refractivity contribution in [2.24, 2.45) is 0 Å². The Labute approximate surface area is 119 Å². The molecule has 0 spiro atoms. The summed E-state index contributed by atoms with van der Waals surface area (Å²) >= 11 is 0. The number of likely N-dealkylation sites (tertiary alicyclic amines) is 1. The van der Waals surface area contributed by atoms with Crippen molar-refractivity contribution in [3.8, 4) is 5.75 Å². The molecule has 0 radical (unpaired) electrons. The van der Waals surface area contributed by atoms with E-state index in [0.717, 1.165) is 37.6 Å². The zero-order valence-electron chi connectivity index (χ0n) is 12.0. The fourth-order valence-electron chi connectivity index (χ4n) is 3.17. The van der Waals surface area contributed by atoms with Crippen LogP contribution in [0.25, 0.3) is 0 Å². The van der Waals surface area contributed by atoms with Gasteiger partial charge in [0.15, 0.2) is 0 Å². The number of hydrogen-bond donors (Lipinski definition) is 0. The number of nitrogens with zero attached hydrogens (tertiary/aromatic N) is 2. The Morgan fingerprint density at radius 2 is 2.25 bits per heavy atom. The van der Waals surface area contributed by atoms with Crippen molar-refractivity contribution in [1.82, 2.24) is 9.80 Å². The molecule has 0 N–H and O–H groups in total. The second kappa shape index (κ2) is 5.68. The lowest BCUT2D eigenvalue weighted by Crippen LogP contribution is -2.48. The van der Waals surface area contributed by atoms with E-state index in [0.29, 0.717) is 12.6 Å². The third-order valence-electron chi connectivity index (χ3n) is 4.29. The topological polar surface area (TPSA) is 24.9 Å². The Morgan fingerprint density at radius 1 is 1.40 bits per heavy atom. The zero-order valence-corrected chi connectivity index (χ0v) is 12.0. The van der Waals surface area contributed by atoms with Gasteiger partial charge in [0.25, 0.3) is 0 Å². The lowest BCUT2D eigenvalue weighted by Gasteiger charge is -2.33. The summed E-state index contributed by atoms with van der Waals surface area (Å²) < 4.78 is 24.6. The maximum absolute atomic E-state index is 13.4. The van der Waals surface area contributed by atoms with Gasteiger partial charge in [-0.25, -0.2) is 4.39 Å². The van der Waals surface area contributed by atoms with Crippen molar-refractivity contribution in [2.45, 2.75) is 18.7 Å². The number of ether oxygens (including phenoxy) is 2. The van der Waals surface area contributed by atoms with Crippen molar-refractivity contribution in [3.63, 3.8) is 0 Å². The summed E-state index contributed by atoms with van der Waals surface area (Å²) in [5.74, 6) is 0.529. The molecule has 1 aromatic carbocycles. The first-order valence-electron chi connectivity index (χ1n) is 7.04. The molecule has 2 aliphatic heterocycles. The molecule has 3 rings (SSSR count). The Kier molecular flexibility index (Phi) is 3.92. The fourth-order valence-corrected chi connectivity index (χ4v) is 3.17. The molecular formula is C15H21FN2O2. The van der Waals surface area contributed by atoms with Crippen LogP contribution in [0.5, 0.6) is 5.75 Å². The van der Waals surface area contributed by atoms with Crippen LogP contribution in [0.15, 0.2) is 18.2 Å². The number of likely N-dealkylation sites (N-methyl/N-ethyl adjacent to an activating group) is 1. The molecule has 0 unspecified atom stereocenters. The van der Waals surface area contributed by atoms with Gasteiger partial charge >= 0.3 is 0 Å². The van der Waals surface area contributed by atoms with Crippen LogP contribution in [0.3, 0.4) is 0 Å². The lowest BCUT2D eigenvalue weighted by molar-refractivity contribution is -0.0370. The molecule has 2 atom stereocenters. The summed E-state index contributed by atoms with van der Waals surface area (Å²) in [5, 5.41) is 0. The Bertz CT molecular complexity index is 483. The first-order chi connectivity index (χ1) is 9.67. The van der Waals surface area contributed by atoms with Gasteiger partial charge in [0.1, 0.15) is 11.6 Å². The smallest absolute Gasteiger partial charge is 0.123 e. The highest BCUT2D eigenvalue weighted by molar-refractivity contribution is 5.34. The van der Waals surface area contributed by atoms with Crippen LogP contribution in [-0.2, 0) is 11.3 Å². The van der Waals surface area contributed by atoms with Gasteiger partial charge in [-0.15, -0.1) is 0 Å². The number of rotatable bonds is 3. The average Bonchev–Trinajstić information content (AvgIpc) is 2.83. The largest absolute Gasteiger partial charge is 0.496 e. The summed E-state index contributed by atoms with van der Waals surface area (Å²) in [7, 11) is 3.77. The molecular weight excluding hydrogens is 259 g/mol. The van der Waals surface area contributed by atoms with Crippen molar-refractivity contribution in [1.29, 1.82) is 0 Å². The highest BCUT2D eigenvalue weighted by Crippen LogP contribution is 2.26.